The predicted octanol–water partition coefficient (Wildman–Crippen LogP) is 4.38. The molecule has 0 aliphatic rings. The highest BCUT2D eigenvalue weighted by Gasteiger charge is 2.07. The Bertz CT molecular complexity index is 957. The van der Waals surface area contributed by atoms with Crippen molar-refractivity contribution >= 4 is 22.4 Å². The van der Waals surface area contributed by atoms with Gasteiger partial charge in [0.15, 0.2) is 6.61 Å². The van der Waals surface area contributed by atoms with Gasteiger partial charge in [-0.05, 0) is 54.3 Å². The van der Waals surface area contributed by atoms with Crippen LogP contribution in [0.5, 0.6) is 5.75 Å². The van der Waals surface area contributed by atoms with Crippen molar-refractivity contribution in [3.8, 4) is 5.75 Å². The molecule has 0 aliphatic carbocycles. The lowest BCUT2D eigenvalue weighted by Gasteiger charge is -2.11. The van der Waals surface area contributed by atoms with Crippen LogP contribution in [0.3, 0.4) is 0 Å². The number of nitrogens with zero attached hydrogens (tertiary/aromatic N) is 1. The average molecular weight is 346 g/mol. The second kappa shape index (κ2) is 7.83. The van der Waals surface area contributed by atoms with Crippen LogP contribution >= 0.6 is 0 Å². The van der Waals surface area contributed by atoms with Crippen LogP contribution in [0.15, 0.2) is 65.8 Å². The van der Waals surface area contributed by atoms with E-state index in [0.717, 1.165) is 33.5 Å². The molecule has 1 amide bonds. The summed E-state index contributed by atoms with van der Waals surface area (Å²) in [6.45, 7) is 5.72. The molecule has 1 N–H and O–H groups in total. The first-order valence-electron chi connectivity index (χ1n) is 8.56. The summed E-state index contributed by atoms with van der Waals surface area (Å²) in [5, 5.41) is 6.51. The molecule has 132 valence electrons. The molecular formula is C22H22N2O2. The number of para-hydroxylation sites is 1. The number of rotatable bonds is 5. The number of hydrogen-bond acceptors (Lipinski definition) is 3. The number of hydrazone groups is 1. The molecule has 0 saturated heterocycles. The minimum absolute atomic E-state index is 0.0693. The first kappa shape index (κ1) is 17.7. The SMILES string of the molecule is C/C(=N\NC(=O)COc1c(C)cccc1C)c1ccc2ccccc2c1. The van der Waals surface area contributed by atoms with Gasteiger partial charge in [-0.1, -0.05) is 54.6 Å². The molecule has 4 heteroatoms. The quantitative estimate of drug-likeness (QED) is 0.551. The normalized spacial score (nSPS) is 11.4. The molecule has 0 heterocycles. The van der Waals surface area contributed by atoms with E-state index in [2.05, 4.69) is 34.8 Å². The van der Waals surface area contributed by atoms with Crippen molar-refractivity contribution < 1.29 is 9.53 Å². The Balaban J connectivity index is 1.63. The van der Waals surface area contributed by atoms with Crippen LogP contribution in [0.4, 0.5) is 0 Å². The van der Waals surface area contributed by atoms with Gasteiger partial charge in [-0.25, -0.2) is 5.43 Å². The Morgan fingerprint density at radius 2 is 1.65 bits per heavy atom. The van der Waals surface area contributed by atoms with Crippen LogP contribution in [0.1, 0.15) is 23.6 Å². The summed E-state index contributed by atoms with van der Waals surface area (Å²) in [4.78, 5) is 12.0. The van der Waals surface area contributed by atoms with Gasteiger partial charge in [0.25, 0.3) is 5.91 Å². The third-order valence-electron chi connectivity index (χ3n) is 4.27. The van der Waals surface area contributed by atoms with Crippen LogP contribution in [-0.2, 0) is 4.79 Å². The molecular weight excluding hydrogens is 324 g/mol. The van der Waals surface area contributed by atoms with Crippen LogP contribution < -0.4 is 10.2 Å². The zero-order valence-corrected chi connectivity index (χ0v) is 15.2. The number of hydrogen-bond donors (Lipinski definition) is 1. The Morgan fingerprint density at radius 1 is 0.962 bits per heavy atom. The topological polar surface area (TPSA) is 50.7 Å². The van der Waals surface area contributed by atoms with E-state index < -0.39 is 0 Å². The van der Waals surface area contributed by atoms with Gasteiger partial charge in [-0.3, -0.25) is 4.79 Å². The van der Waals surface area contributed by atoms with Crippen molar-refractivity contribution in [2.24, 2.45) is 5.10 Å². The van der Waals surface area contributed by atoms with Crippen molar-refractivity contribution in [1.29, 1.82) is 0 Å². The van der Waals surface area contributed by atoms with Crippen LogP contribution in [-0.4, -0.2) is 18.2 Å². The highest BCUT2D eigenvalue weighted by Crippen LogP contribution is 2.22. The first-order chi connectivity index (χ1) is 12.5. The van der Waals surface area contributed by atoms with Gasteiger partial charge in [0.2, 0.25) is 0 Å². The minimum atomic E-state index is -0.284. The highest BCUT2D eigenvalue weighted by atomic mass is 16.5. The van der Waals surface area contributed by atoms with E-state index in [4.69, 9.17) is 4.74 Å². The van der Waals surface area contributed by atoms with Crippen molar-refractivity contribution in [2.45, 2.75) is 20.8 Å². The highest BCUT2D eigenvalue weighted by molar-refractivity contribution is 6.02. The van der Waals surface area contributed by atoms with Crippen LogP contribution in [0.2, 0.25) is 0 Å². The zero-order valence-electron chi connectivity index (χ0n) is 15.2. The molecule has 0 spiro atoms. The van der Waals surface area contributed by atoms with Gasteiger partial charge in [0, 0.05) is 0 Å². The molecule has 0 atom stereocenters. The van der Waals surface area contributed by atoms with Crippen molar-refractivity contribution in [1.82, 2.24) is 5.43 Å². The maximum atomic E-state index is 12.0. The van der Waals surface area contributed by atoms with E-state index in [9.17, 15) is 4.79 Å². The molecule has 0 saturated carbocycles. The smallest absolute Gasteiger partial charge is 0.277 e. The molecule has 0 radical (unpaired) electrons. The lowest BCUT2D eigenvalue weighted by Crippen LogP contribution is -2.26. The van der Waals surface area contributed by atoms with Gasteiger partial charge in [0.1, 0.15) is 5.75 Å². The summed E-state index contributed by atoms with van der Waals surface area (Å²) in [6, 6.07) is 20.1. The number of nitrogens with one attached hydrogen (secondary N) is 1. The summed E-state index contributed by atoms with van der Waals surface area (Å²) < 4.78 is 5.64. The molecule has 3 aromatic carbocycles. The first-order valence-corrected chi connectivity index (χ1v) is 8.56. The van der Waals surface area contributed by atoms with Crippen molar-refractivity contribution in [3.05, 3.63) is 77.4 Å². The molecule has 0 bridgehead atoms. The fraction of sp³-hybridized carbons (Fsp3) is 0.182. The summed E-state index contributed by atoms with van der Waals surface area (Å²) in [5.74, 6) is 0.464. The third-order valence-corrected chi connectivity index (χ3v) is 4.27. The molecule has 3 aromatic rings. The Morgan fingerprint density at radius 3 is 2.38 bits per heavy atom. The Kier molecular flexibility index (Phi) is 5.32. The van der Waals surface area contributed by atoms with Gasteiger partial charge < -0.3 is 4.74 Å². The van der Waals surface area contributed by atoms with E-state index >= 15 is 0 Å². The van der Waals surface area contributed by atoms with Crippen molar-refractivity contribution in [2.75, 3.05) is 6.61 Å². The van der Waals surface area contributed by atoms with E-state index in [1.165, 1.54) is 5.39 Å². The Hall–Kier alpha value is -3.14. The van der Waals surface area contributed by atoms with Gasteiger partial charge >= 0.3 is 0 Å². The molecule has 4 nitrogen and oxygen atoms in total. The second-order valence-electron chi connectivity index (χ2n) is 6.30. The number of ether oxygens (including phenoxy) is 1. The Labute approximate surface area is 153 Å². The van der Waals surface area contributed by atoms with E-state index in [0.29, 0.717) is 0 Å². The molecule has 0 aliphatic heterocycles. The largest absolute Gasteiger partial charge is 0.483 e. The number of aryl methyl sites for hydroxylation is 2. The zero-order chi connectivity index (χ0) is 18.5. The summed E-state index contributed by atoms with van der Waals surface area (Å²) in [5.41, 5.74) is 6.30. The van der Waals surface area contributed by atoms with Crippen LogP contribution in [0.25, 0.3) is 10.8 Å². The summed E-state index contributed by atoms with van der Waals surface area (Å²) >= 11 is 0. The number of benzene rings is 3. The van der Waals surface area contributed by atoms with Crippen LogP contribution in [0, 0.1) is 13.8 Å². The molecule has 26 heavy (non-hydrogen) atoms. The minimum Gasteiger partial charge on any atom is -0.483 e. The monoisotopic (exact) mass is 346 g/mol. The van der Waals surface area contributed by atoms with Gasteiger partial charge in [-0.15, -0.1) is 0 Å². The van der Waals surface area contributed by atoms with E-state index in [1.807, 2.05) is 57.2 Å². The van der Waals surface area contributed by atoms with Gasteiger partial charge in [-0.2, -0.15) is 5.10 Å². The van der Waals surface area contributed by atoms with E-state index in [1.54, 1.807) is 0 Å². The maximum Gasteiger partial charge on any atom is 0.277 e. The number of fused-ring (bicyclic) bond motifs is 1. The standard InChI is InChI=1S/C22H22N2O2/c1-15-7-6-8-16(2)22(15)26-14-21(25)24-23-17(3)19-12-11-18-9-4-5-10-20(18)13-19/h4-13H,14H2,1-3H3,(H,24,25)/b23-17+. The summed E-state index contributed by atoms with van der Waals surface area (Å²) in [7, 11) is 0. The number of carbonyl (C=O) groups excluding carboxylic acids is 1. The fourth-order valence-electron chi connectivity index (χ4n) is 2.82. The molecule has 0 unspecified atom stereocenters. The molecule has 0 fully saturated rings. The maximum absolute atomic E-state index is 12.0. The average Bonchev–Trinajstić information content (AvgIpc) is 2.65. The van der Waals surface area contributed by atoms with E-state index in [-0.39, 0.29) is 12.5 Å². The summed E-state index contributed by atoms with van der Waals surface area (Å²) in [6.07, 6.45) is 0. The third kappa shape index (κ3) is 4.09. The van der Waals surface area contributed by atoms with Crippen molar-refractivity contribution in [3.63, 3.8) is 0 Å². The number of carbonyl (C=O) groups is 1. The lowest BCUT2D eigenvalue weighted by molar-refractivity contribution is -0.123. The molecule has 3 rings (SSSR count). The molecule has 0 aromatic heterocycles. The predicted molar refractivity (Wildman–Crippen MR) is 106 cm³/mol. The second-order valence-corrected chi connectivity index (χ2v) is 6.30. The number of amides is 1. The van der Waals surface area contributed by atoms with Gasteiger partial charge in [0.05, 0.1) is 5.71 Å². The lowest BCUT2D eigenvalue weighted by atomic mass is 10.0. The fourth-order valence-corrected chi connectivity index (χ4v) is 2.82.